The van der Waals surface area contributed by atoms with Crippen molar-refractivity contribution in [2.75, 3.05) is 13.1 Å². The summed E-state index contributed by atoms with van der Waals surface area (Å²) in [4.78, 5) is 18.4. The lowest BCUT2D eigenvalue weighted by Crippen LogP contribution is -2.52. The first-order chi connectivity index (χ1) is 7.99. The average molecular weight is 247 g/mol. The zero-order valence-electron chi connectivity index (χ0n) is 8.52. The van der Waals surface area contributed by atoms with Gasteiger partial charge in [-0.2, -0.15) is 13.2 Å². The molecular weight excluding hydrogens is 239 g/mol. The molecule has 17 heavy (non-hydrogen) atoms. The Morgan fingerprint density at radius 2 is 2.12 bits per heavy atom. The highest BCUT2D eigenvalue weighted by Gasteiger charge is 2.34. The Morgan fingerprint density at radius 3 is 2.71 bits per heavy atom. The molecule has 1 aromatic heterocycles. The van der Waals surface area contributed by atoms with Gasteiger partial charge in [-0.1, -0.05) is 0 Å². The quantitative estimate of drug-likeness (QED) is 0.738. The number of ether oxygens (including phenoxy) is 1. The molecule has 0 radical (unpaired) electrons. The number of aromatic nitrogens is 2. The topological polar surface area (TPSA) is 55.3 Å². The van der Waals surface area contributed by atoms with Crippen molar-refractivity contribution in [3.05, 3.63) is 18.1 Å². The Labute approximate surface area is 94.2 Å². The Morgan fingerprint density at radius 1 is 1.41 bits per heavy atom. The van der Waals surface area contributed by atoms with E-state index in [0.29, 0.717) is 19.5 Å². The first kappa shape index (κ1) is 11.6. The highest BCUT2D eigenvalue weighted by atomic mass is 19.4. The predicted octanol–water partition coefficient (Wildman–Crippen LogP) is 0.715. The molecule has 0 unspecified atom stereocenters. The normalized spacial score (nSPS) is 16.5. The second-order valence-electron chi connectivity index (χ2n) is 3.54. The van der Waals surface area contributed by atoms with Gasteiger partial charge in [-0.05, 0) is 0 Å². The lowest BCUT2D eigenvalue weighted by Gasteiger charge is -2.35. The molecule has 0 aliphatic carbocycles. The number of likely N-dealkylation sites (tertiary alicyclic amines) is 1. The van der Waals surface area contributed by atoms with Gasteiger partial charge < -0.3 is 9.64 Å². The molecule has 0 saturated carbocycles. The van der Waals surface area contributed by atoms with Gasteiger partial charge in [0.1, 0.15) is 12.4 Å². The molecule has 92 valence electrons. The van der Waals surface area contributed by atoms with E-state index in [1.807, 2.05) is 0 Å². The van der Waals surface area contributed by atoms with Crippen LogP contribution in [0.15, 0.2) is 12.4 Å². The van der Waals surface area contributed by atoms with Gasteiger partial charge in [0.15, 0.2) is 5.69 Å². The van der Waals surface area contributed by atoms with Crippen molar-refractivity contribution in [1.29, 1.82) is 0 Å². The molecule has 1 aliphatic heterocycles. The maximum atomic E-state index is 12.3. The summed E-state index contributed by atoms with van der Waals surface area (Å²) in [6.07, 6.45) is -3.37. The van der Waals surface area contributed by atoms with E-state index in [1.165, 1.54) is 4.90 Å². The summed E-state index contributed by atoms with van der Waals surface area (Å²) in [7, 11) is 0. The van der Waals surface area contributed by atoms with Crippen molar-refractivity contribution in [2.24, 2.45) is 0 Å². The number of rotatable bonds is 3. The number of nitrogens with zero attached hydrogens (tertiary/aromatic N) is 3. The van der Waals surface area contributed by atoms with Gasteiger partial charge in [-0.3, -0.25) is 4.79 Å². The van der Waals surface area contributed by atoms with Crippen molar-refractivity contribution in [3.63, 3.8) is 0 Å². The van der Waals surface area contributed by atoms with Crippen molar-refractivity contribution in [3.8, 4) is 5.88 Å². The van der Waals surface area contributed by atoms with Gasteiger partial charge in [-0.15, -0.1) is 0 Å². The number of halogens is 3. The molecule has 0 N–H and O–H groups in total. The monoisotopic (exact) mass is 247 g/mol. The first-order valence-corrected chi connectivity index (χ1v) is 4.74. The van der Waals surface area contributed by atoms with Gasteiger partial charge >= 0.3 is 6.18 Å². The second kappa shape index (κ2) is 4.19. The van der Waals surface area contributed by atoms with Crippen LogP contribution in [0.2, 0.25) is 0 Å². The molecule has 1 aliphatic rings. The molecule has 1 aromatic rings. The average Bonchev–Trinajstić information content (AvgIpc) is 2.22. The third-order valence-electron chi connectivity index (χ3n) is 2.25. The number of alkyl halides is 3. The molecule has 5 nitrogen and oxygen atoms in total. The molecule has 0 bridgehead atoms. The molecule has 1 amide bonds. The Bertz CT molecular complexity index is 418. The highest BCUT2D eigenvalue weighted by molar-refractivity contribution is 5.48. The molecule has 8 heteroatoms. The lowest BCUT2D eigenvalue weighted by atomic mass is 10.2. The first-order valence-electron chi connectivity index (χ1n) is 4.74. The summed E-state index contributed by atoms with van der Waals surface area (Å²) in [5, 5.41) is 0. The summed E-state index contributed by atoms with van der Waals surface area (Å²) < 4.78 is 42.1. The molecule has 1 fully saturated rings. The van der Waals surface area contributed by atoms with Crippen LogP contribution in [-0.2, 0) is 11.0 Å². The molecule has 0 spiro atoms. The standard InChI is InChI=1S/C9H8F3N3O2/c10-9(11,12)7-1-8(14-4-13-7)17-6-2-15(3-6)5-16/h1,4-6H,2-3H2. The third-order valence-corrected chi connectivity index (χ3v) is 2.25. The number of hydrogen-bond donors (Lipinski definition) is 0. The number of hydrogen-bond acceptors (Lipinski definition) is 4. The number of amides is 1. The van der Waals surface area contributed by atoms with Crippen molar-refractivity contribution >= 4 is 6.41 Å². The minimum absolute atomic E-state index is 0.136. The summed E-state index contributed by atoms with van der Waals surface area (Å²) >= 11 is 0. The van der Waals surface area contributed by atoms with Crippen LogP contribution in [0.4, 0.5) is 13.2 Å². The van der Waals surface area contributed by atoms with E-state index < -0.39 is 11.9 Å². The van der Waals surface area contributed by atoms with Crippen LogP contribution in [0.3, 0.4) is 0 Å². The van der Waals surface area contributed by atoms with E-state index in [4.69, 9.17) is 4.74 Å². The van der Waals surface area contributed by atoms with Crippen LogP contribution in [0.5, 0.6) is 5.88 Å². The molecule has 0 atom stereocenters. The molecule has 2 heterocycles. The third kappa shape index (κ3) is 2.63. The van der Waals surface area contributed by atoms with Crippen molar-refractivity contribution < 1.29 is 22.7 Å². The van der Waals surface area contributed by atoms with E-state index >= 15 is 0 Å². The van der Waals surface area contributed by atoms with Crippen LogP contribution < -0.4 is 4.74 Å². The minimum Gasteiger partial charge on any atom is -0.470 e. The minimum atomic E-state index is -4.52. The van der Waals surface area contributed by atoms with Gasteiger partial charge in [0.25, 0.3) is 0 Å². The maximum Gasteiger partial charge on any atom is 0.433 e. The molecule has 1 saturated heterocycles. The van der Waals surface area contributed by atoms with E-state index in [1.54, 1.807) is 0 Å². The fourth-order valence-corrected chi connectivity index (χ4v) is 1.36. The van der Waals surface area contributed by atoms with Crippen molar-refractivity contribution in [2.45, 2.75) is 12.3 Å². The lowest BCUT2D eigenvalue weighted by molar-refractivity contribution is -0.141. The fourth-order valence-electron chi connectivity index (χ4n) is 1.36. The maximum absolute atomic E-state index is 12.3. The smallest absolute Gasteiger partial charge is 0.433 e. The van der Waals surface area contributed by atoms with Gasteiger partial charge in [0, 0.05) is 6.07 Å². The molecule has 0 aromatic carbocycles. The van der Waals surface area contributed by atoms with Crippen LogP contribution in [0.25, 0.3) is 0 Å². The zero-order valence-corrected chi connectivity index (χ0v) is 8.52. The Balaban J connectivity index is 2.00. The number of carbonyl (C=O) groups is 1. The SMILES string of the molecule is O=CN1CC(Oc2cc(C(F)(F)F)ncn2)C1. The van der Waals surface area contributed by atoms with E-state index in [-0.39, 0.29) is 12.0 Å². The summed E-state index contributed by atoms with van der Waals surface area (Å²) in [5.41, 5.74) is -1.05. The second-order valence-corrected chi connectivity index (χ2v) is 3.54. The van der Waals surface area contributed by atoms with E-state index in [9.17, 15) is 18.0 Å². The van der Waals surface area contributed by atoms with E-state index in [2.05, 4.69) is 9.97 Å². The highest BCUT2D eigenvalue weighted by Crippen LogP contribution is 2.29. The Hall–Kier alpha value is -1.86. The van der Waals surface area contributed by atoms with Gasteiger partial charge in [0.05, 0.1) is 13.1 Å². The van der Waals surface area contributed by atoms with Crippen molar-refractivity contribution in [1.82, 2.24) is 14.9 Å². The van der Waals surface area contributed by atoms with Gasteiger partial charge in [0.2, 0.25) is 12.3 Å². The summed E-state index contributed by atoms with van der Waals surface area (Å²) in [5.74, 6) is -0.136. The largest absolute Gasteiger partial charge is 0.470 e. The molecule has 2 rings (SSSR count). The molecular formula is C9H8F3N3O2. The van der Waals surface area contributed by atoms with E-state index in [0.717, 1.165) is 12.4 Å². The number of carbonyl (C=O) groups excluding carboxylic acids is 1. The van der Waals surface area contributed by atoms with Gasteiger partial charge in [-0.25, -0.2) is 9.97 Å². The summed E-state index contributed by atoms with van der Waals surface area (Å²) in [6, 6.07) is 0.740. The van der Waals surface area contributed by atoms with Crippen LogP contribution in [0.1, 0.15) is 5.69 Å². The summed E-state index contributed by atoms with van der Waals surface area (Å²) in [6.45, 7) is 0.712. The Kier molecular flexibility index (Phi) is 2.86. The van der Waals surface area contributed by atoms with Crippen LogP contribution in [-0.4, -0.2) is 40.5 Å². The zero-order chi connectivity index (χ0) is 12.5. The van der Waals surface area contributed by atoms with Crippen LogP contribution in [0, 0.1) is 0 Å². The van der Waals surface area contributed by atoms with Crippen LogP contribution >= 0.6 is 0 Å². The predicted molar refractivity (Wildman–Crippen MR) is 49.1 cm³/mol. The fraction of sp³-hybridized carbons (Fsp3) is 0.444.